The van der Waals surface area contributed by atoms with Gasteiger partial charge in [-0.15, -0.1) is 0 Å². The van der Waals surface area contributed by atoms with Crippen molar-refractivity contribution in [3.63, 3.8) is 0 Å². The molecule has 1 atom stereocenters. The van der Waals surface area contributed by atoms with E-state index in [-0.39, 0.29) is 17.6 Å². The second kappa shape index (κ2) is 15.1. The molecule has 4 N–H and O–H groups in total. The maximum absolute atomic E-state index is 11.5. The van der Waals surface area contributed by atoms with Crippen molar-refractivity contribution in [1.82, 2.24) is 10.2 Å². The minimum absolute atomic E-state index is 0.134. The van der Waals surface area contributed by atoms with Crippen molar-refractivity contribution in [2.75, 3.05) is 19.6 Å². The number of likely N-dealkylation sites (N-methyl/N-ethyl adjacent to an activating group) is 1. The van der Waals surface area contributed by atoms with Crippen molar-refractivity contribution in [3.8, 4) is 0 Å². The summed E-state index contributed by atoms with van der Waals surface area (Å²) in [6.07, 6.45) is 10.8. The minimum Gasteiger partial charge on any atom is -0.444 e. The number of nitrogens with two attached hydrogens (primary N) is 1. The molecule has 186 valence electrons. The van der Waals surface area contributed by atoms with Crippen molar-refractivity contribution in [2.45, 2.75) is 73.8 Å². The third kappa shape index (κ3) is 14.0. The Kier molecular flexibility index (Phi) is 13.8. The number of hydrogen-bond donors (Lipinski definition) is 3. The summed E-state index contributed by atoms with van der Waals surface area (Å²) in [6.45, 7) is 17.5. The quantitative estimate of drug-likeness (QED) is 0.279. The van der Waals surface area contributed by atoms with Crippen LogP contribution in [0.5, 0.6) is 0 Å². The summed E-state index contributed by atoms with van der Waals surface area (Å²) >= 11 is 0. The Morgan fingerprint density at radius 3 is 2.24 bits per heavy atom. The Labute approximate surface area is 200 Å². The molecule has 1 unspecified atom stereocenters. The molecule has 1 aliphatic rings. The first-order valence-electron chi connectivity index (χ1n) is 11.6. The van der Waals surface area contributed by atoms with Gasteiger partial charge in [-0.1, -0.05) is 26.0 Å². The first kappa shape index (κ1) is 30.2. The number of allylic oxidation sites excluding steroid dienone is 7. The molecule has 33 heavy (non-hydrogen) atoms. The summed E-state index contributed by atoms with van der Waals surface area (Å²) in [5.41, 5.74) is 7.92. The first-order chi connectivity index (χ1) is 15.3. The van der Waals surface area contributed by atoms with E-state index in [9.17, 15) is 9.59 Å². The van der Waals surface area contributed by atoms with Crippen LogP contribution in [0.25, 0.3) is 0 Å². The van der Waals surface area contributed by atoms with Crippen molar-refractivity contribution < 1.29 is 14.3 Å². The van der Waals surface area contributed by atoms with Gasteiger partial charge in [-0.25, -0.2) is 4.79 Å². The van der Waals surface area contributed by atoms with Crippen molar-refractivity contribution in [1.29, 1.82) is 5.41 Å². The SMILES string of the molecule is CC/C=C/C(/C=C/C(=O)NCC)=C\C(C(C)=N)=C(/C)N.CC1CCN(C(=O)OC(C)(C)C)C1. The van der Waals surface area contributed by atoms with E-state index in [1.165, 1.54) is 6.08 Å². The maximum Gasteiger partial charge on any atom is 0.410 e. The van der Waals surface area contributed by atoms with Gasteiger partial charge in [0.15, 0.2) is 0 Å². The average Bonchev–Trinajstić information content (AvgIpc) is 3.13. The van der Waals surface area contributed by atoms with Crippen LogP contribution in [0.4, 0.5) is 4.79 Å². The molecule has 1 aliphatic heterocycles. The third-order valence-corrected chi connectivity index (χ3v) is 4.54. The normalized spacial score (nSPS) is 17.5. The molecule has 0 aromatic rings. The fourth-order valence-corrected chi connectivity index (χ4v) is 2.92. The first-order valence-corrected chi connectivity index (χ1v) is 11.6. The molecular weight excluding hydrogens is 416 g/mol. The van der Waals surface area contributed by atoms with Gasteiger partial charge < -0.3 is 26.1 Å². The van der Waals surface area contributed by atoms with E-state index < -0.39 is 0 Å². The highest BCUT2D eigenvalue weighted by atomic mass is 16.6. The lowest BCUT2D eigenvalue weighted by Gasteiger charge is -2.24. The van der Waals surface area contributed by atoms with E-state index in [0.29, 0.717) is 29.4 Å². The molecular formula is C26H44N4O3. The molecule has 0 aromatic heterocycles. The molecule has 1 heterocycles. The predicted octanol–water partition coefficient (Wildman–Crippen LogP) is 5.11. The van der Waals surface area contributed by atoms with Gasteiger partial charge in [0, 0.05) is 42.7 Å². The van der Waals surface area contributed by atoms with Gasteiger partial charge in [-0.2, -0.15) is 0 Å². The minimum atomic E-state index is -0.372. The van der Waals surface area contributed by atoms with E-state index in [1.807, 2.05) is 52.8 Å². The smallest absolute Gasteiger partial charge is 0.410 e. The predicted molar refractivity (Wildman–Crippen MR) is 137 cm³/mol. The molecule has 0 spiro atoms. The summed E-state index contributed by atoms with van der Waals surface area (Å²) in [7, 11) is 0. The molecule has 1 rings (SSSR count). The summed E-state index contributed by atoms with van der Waals surface area (Å²) in [5.74, 6) is 0.484. The van der Waals surface area contributed by atoms with E-state index in [1.54, 1.807) is 24.8 Å². The van der Waals surface area contributed by atoms with Crippen molar-refractivity contribution in [3.05, 3.63) is 47.2 Å². The van der Waals surface area contributed by atoms with Gasteiger partial charge in [0.1, 0.15) is 5.60 Å². The van der Waals surface area contributed by atoms with E-state index >= 15 is 0 Å². The van der Waals surface area contributed by atoms with Crippen LogP contribution in [-0.4, -0.2) is 47.8 Å². The number of nitrogens with zero attached hydrogens (tertiary/aromatic N) is 1. The lowest BCUT2D eigenvalue weighted by atomic mass is 10.0. The van der Waals surface area contributed by atoms with Crippen LogP contribution in [0.3, 0.4) is 0 Å². The Balaban J connectivity index is 0.000000676. The number of hydrogen-bond acceptors (Lipinski definition) is 5. The van der Waals surface area contributed by atoms with Gasteiger partial charge in [0.2, 0.25) is 5.91 Å². The Bertz CT molecular complexity index is 782. The number of rotatable bonds is 7. The number of carbonyl (C=O) groups excluding carboxylic acids is 2. The van der Waals surface area contributed by atoms with E-state index in [2.05, 4.69) is 12.2 Å². The van der Waals surface area contributed by atoms with Gasteiger partial charge in [0.25, 0.3) is 0 Å². The molecule has 7 nitrogen and oxygen atoms in total. The number of likely N-dealkylation sites (tertiary alicyclic amines) is 1. The summed E-state index contributed by atoms with van der Waals surface area (Å²) in [5, 5.41) is 10.4. The molecule has 0 aromatic carbocycles. The molecule has 0 aliphatic carbocycles. The highest BCUT2D eigenvalue weighted by molar-refractivity contribution is 5.99. The van der Waals surface area contributed by atoms with Crippen LogP contribution < -0.4 is 11.1 Å². The number of amides is 2. The van der Waals surface area contributed by atoms with Crippen LogP contribution in [0.2, 0.25) is 0 Å². The molecule has 0 radical (unpaired) electrons. The number of nitrogens with one attached hydrogen (secondary N) is 2. The number of carbonyl (C=O) groups is 2. The summed E-state index contributed by atoms with van der Waals surface area (Å²) in [4.78, 5) is 24.7. The van der Waals surface area contributed by atoms with Crippen molar-refractivity contribution >= 4 is 17.7 Å². The van der Waals surface area contributed by atoms with E-state index in [4.69, 9.17) is 15.9 Å². The standard InChI is InChI=1S/C16H25N3O.C10H19NO2/c1-5-7-8-14(9-10-16(20)19-6-2)11-15(12(3)17)13(4)18;1-8-5-6-11(7-8)9(12)13-10(2,3)4/h7-11,17H,5-6,18H2,1-4H3,(H,19,20);8H,5-7H2,1-4H3/b8-7+,10-9+,14-11+,15-13-,17-12?;. The Morgan fingerprint density at radius 2 is 1.82 bits per heavy atom. The van der Waals surface area contributed by atoms with E-state index in [0.717, 1.165) is 31.5 Å². The second-order valence-electron chi connectivity index (χ2n) is 9.22. The molecule has 7 heteroatoms. The van der Waals surface area contributed by atoms with Gasteiger partial charge in [0.05, 0.1) is 0 Å². The molecule has 0 bridgehead atoms. The fraction of sp³-hybridized carbons (Fsp3) is 0.577. The lowest BCUT2D eigenvalue weighted by molar-refractivity contribution is -0.116. The summed E-state index contributed by atoms with van der Waals surface area (Å²) in [6, 6.07) is 0. The van der Waals surface area contributed by atoms with Crippen LogP contribution in [0, 0.1) is 11.3 Å². The number of ether oxygens (including phenoxy) is 1. The molecule has 1 fully saturated rings. The van der Waals surface area contributed by atoms with Crippen molar-refractivity contribution in [2.24, 2.45) is 11.7 Å². The topological polar surface area (TPSA) is 109 Å². The third-order valence-electron chi connectivity index (χ3n) is 4.54. The average molecular weight is 461 g/mol. The van der Waals surface area contributed by atoms with Gasteiger partial charge in [-0.3, -0.25) is 4.79 Å². The van der Waals surface area contributed by atoms with Crippen LogP contribution in [-0.2, 0) is 9.53 Å². The monoisotopic (exact) mass is 460 g/mol. The zero-order chi connectivity index (χ0) is 25.6. The fourth-order valence-electron chi connectivity index (χ4n) is 2.92. The lowest BCUT2D eigenvalue weighted by Crippen LogP contribution is -2.35. The second-order valence-corrected chi connectivity index (χ2v) is 9.22. The maximum atomic E-state index is 11.5. The largest absolute Gasteiger partial charge is 0.444 e. The Hall–Kier alpha value is -2.83. The molecule has 1 saturated heterocycles. The van der Waals surface area contributed by atoms with Crippen LogP contribution in [0.15, 0.2) is 47.2 Å². The Morgan fingerprint density at radius 1 is 1.18 bits per heavy atom. The van der Waals surface area contributed by atoms with Gasteiger partial charge in [-0.05, 0) is 78.0 Å². The molecule has 0 saturated carbocycles. The summed E-state index contributed by atoms with van der Waals surface area (Å²) < 4.78 is 5.26. The van der Waals surface area contributed by atoms with Crippen LogP contribution >= 0.6 is 0 Å². The van der Waals surface area contributed by atoms with Gasteiger partial charge >= 0.3 is 6.09 Å². The highest BCUT2D eigenvalue weighted by Crippen LogP contribution is 2.18. The zero-order valence-electron chi connectivity index (χ0n) is 21.7. The zero-order valence-corrected chi connectivity index (χ0v) is 21.7. The van der Waals surface area contributed by atoms with Crippen LogP contribution in [0.1, 0.15) is 68.2 Å². The highest BCUT2D eigenvalue weighted by Gasteiger charge is 2.27. The molecule has 2 amide bonds.